The van der Waals surface area contributed by atoms with E-state index in [1.807, 2.05) is 35.2 Å². The molecule has 0 radical (unpaired) electrons. The second-order valence-electron chi connectivity index (χ2n) is 11.6. The predicted molar refractivity (Wildman–Crippen MR) is 183 cm³/mol. The number of unbranched alkanes of at least 4 members (excludes halogenated alkanes) is 4. The minimum Gasteiger partial charge on any atom is -0.343 e. The normalized spacial score (nSPS) is 14.5. The van der Waals surface area contributed by atoms with Gasteiger partial charge in [0.25, 0.3) is 0 Å². The maximum absolute atomic E-state index is 14.5. The Hall–Kier alpha value is -3.83. The van der Waals surface area contributed by atoms with E-state index in [9.17, 15) is 19.2 Å². The molecule has 12 heteroatoms. The lowest BCUT2D eigenvalue weighted by molar-refractivity contribution is -0.136. The van der Waals surface area contributed by atoms with Crippen LogP contribution in [0, 0.1) is 0 Å². The number of halogens is 1. The molecule has 46 heavy (non-hydrogen) atoms. The van der Waals surface area contributed by atoms with Crippen molar-refractivity contribution in [1.29, 1.82) is 0 Å². The maximum atomic E-state index is 14.5. The van der Waals surface area contributed by atoms with Crippen molar-refractivity contribution in [2.75, 3.05) is 57.8 Å². The largest absolute Gasteiger partial charge is 0.343 e. The molecule has 1 unspecified atom stereocenters. The monoisotopic (exact) mass is 655 g/mol. The van der Waals surface area contributed by atoms with Gasteiger partial charge in [-0.2, -0.15) is 0 Å². The Morgan fingerprint density at radius 3 is 2.11 bits per heavy atom. The van der Waals surface area contributed by atoms with E-state index in [1.165, 1.54) is 11.8 Å². The summed E-state index contributed by atoms with van der Waals surface area (Å²) in [5, 5.41) is 0.479. The first-order valence-electron chi connectivity index (χ1n) is 16.4. The molecule has 2 aromatic rings. The van der Waals surface area contributed by atoms with Gasteiger partial charge in [-0.25, -0.2) is 15.0 Å². The molecular weight excluding hydrogens is 606 g/mol. The van der Waals surface area contributed by atoms with Crippen molar-refractivity contribution in [2.24, 2.45) is 0 Å². The van der Waals surface area contributed by atoms with Gasteiger partial charge in [-0.1, -0.05) is 75.4 Å². The molecule has 0 aliphatic carbocycles. The third kappa shape index (κ3) is 10.6. The highest BCUT2D eigenvalue weighted by atomic mass is 35.5. The molecule has 1 aliphatic rings. The van der Waals surface area contributed by atoms with Crippen molar-refractivity contribution >= 4 is 46.9 Å². The molecule has 2 N–H and O–H groups in total. The number of carbonyl (C=O) groups excluding carboxylic acids is 4. The van der Waals surface area contributed by atoms with Crippen LogP contribution >= 0.6 is 11.6 Å². The number of carbonyl (C=O) groups is 4. The Morgan fingerprint density at radius 1 is 0.848 bits per heavy atom. The first-order valence-corrected chi connectivity index (χ1v) is 16.7. The number of piperazine rings is 1. The number of anilines is 2. The summed E-state index contributed by atoms with van der Waals surface area (Å²) in [6.07, 6.45) is 6.04. The molecule has 1 heterocycles. The van der Waals surface area contributed by atoms with Crippen LogP contribution in [-0.2, 0) is 9.59 Å². The number of benzene rings is 2. The van der Waals surface area contributed by atoms with Crippen molar-refractivity contribution in [2.45, 2.75) is 65.3 Å². The van der Waals surface area contributed by atoms with Gasteiger partial charge in [0, 0.05) is 58.3 Å². The number of hydrogen-bond donors (Lipinski definition) is 2. The summed E-state index contributed by atoms with van der Waals surface area (Å²) >= 11 is 6.35. The van der Waals surface area contributed by atoms with Gasteiger partial charge in [-0.15, -0.1) is 0 Å². The van der Waals surface area contributed by atoms with E-state index in [1.54, 1.807) is 46.0 Å². The predicted octanol–water partition coefficient (Wildman–Crippen LogP) is 5.49. The highest BCUT2D eigenvalue weighted by Gasteiger charge is 2.41. The molecular formula is C34H50ClN7O4. The number of nitrogens with zero attached hydrogens (tertiary/aromatic N) is 5. The van der Waals surface area contributed by atoms with E-state index in [0.717, 1.165) is 38.5 Å². The first kappa shape index (κ1) is 36.6. The molecule has 11 nitrogen and oxygen atoms in total. The van der Waals surface area contributed by atoms with Crippen molar-refractivity contribution in [3.63, 3.8) is 0 Å². The number of hydrazine groups is 1. The van der Waals surface area contributed by atoms with Crippen LogP contribution in [0.5, 0.6) is 0 Å². The van der Waals surface area contributed by atoms with Gasteiger partial charge in [0.15, 0.2) is 0 Å². The lowest BCUT2D eigenvalue weighted by Gasteiger charge is -2.44. The minimum atomic E-state index is -0.922. The number of rotatable bonds is 15. The van der Waals surface area contributed by atoms with Gasteiger partial charge in [-0.3, -0.25) is 19.9 Å². The summed E-state index contributed by atoms with van der Waals surface area (Å²) in [5.74, 6) is -0.533. The molecule has 2 aromatic carbocycles. The van der Waals surface area contributed by atoms with E-state index in [0.29, 0.717) is 42.6 Å². The third-order valence-corrected chi connectivity index (χ3v) is 8.24. The Kier molecular flexibility index (Phi) is 15.1. The lowest BCUT2D eigenvalue weighted by atomic mass is 10.1. The zero-order chi connectivity index (χ0) is 33.5. The van der Waals surface area contributed by atoms with Crippen LogP contribution in [0.2, 0.25) is 5.02 Å². The van der Waals surface area contributed by atoms with Crippen LogP contribution in [0.4, 0.5) is 21.0 Å². The van der Waals surface area contributed by atoms with Crippen molar-refractivity contribution in [1.82, 2.24) is 30.5 Å². The van der Waals surface area contributed by atoms with E-state index in [4.69, 9.17) is 11.6 Å². The molecule has 0 aromatic heterocycles. The number of para-hydroxylation sites is 1. The number of nitrogens with one attached hydrogen (secondary N) is 2. The average molecular weight is 656 g/mol. The molecule has 1 fully saturated rings. The summed E-state index contributed by atoms with van der Waals surface area (Å²) in [4.78, 5) is 62.1. The molecule has 1 aliphatic heterocycles. The van der Waals surface area contributed by atoms with Gasteiger partial charge < -0.3 is 19.6 Å². The van der Waals surface area contributed by atoms with Crippen molar-refractivity contribution in [3.05, 3.63) is 59.6 Å². The summed E-state index contributed by atoms with van der Waals surface area (Å²) in [7, 11) is 1.66. The summed E-state index contributed by atoms with van der Waals surface area (Å²) in [6.45, 7) is 8.15. The fourth-order valence-electron chi connectivity index (χ4n) is 5.47. The van der Waals surface area contributed by atoms with Crippen LogP contribution in [0.25, 0.3) is 0 Å². The number of amides is 6. The summed E-state index contributed by atoms with van der Waals surface area (Å²) in [5.41, 5.74) is 6.51. The molecule has 6 amide bonds. The van der Waals surface area contributed by atoms with Gasteiger partial charge in [0.2, 0.25) is 11.8 Å². The van der Waals surface area contributed by atoms with Crippen LogP contribution in [0.1, 0.15) is 59.3 Å². The Morgan fingerprint density at radius 2 is 1.50 bits per heavy atom. The SMILES string of the molecule is CCCCCN(CCCCC)C(=O)N1CCN(C(=O)N(c2ccccc2)c2cccc(Cl)c2)C(C(=O)N(C)CCNNC(C)=O)C1. The molecule has 252 valence electrons. The van der Waals surface area contributed by atoms with E-state index >= 15 is 0 Å². The molecule has 0 saturated carbocycles. The van der Waals surface area contributed by atoms with E-state index < -0.39 is 6.04 Å². The smallest absolute Gasteiger partial charge is 0.329 e. The quantitative estimate of drug-likeness (QED) is 0.195. The molecule has 0 bridgehead atoms. The van der Waals surface area contributed by atoms with Gasteiger partial charge in [0.05, 0.1) is 17.9 Å². The Balaban J connectivity index is 1.92. The Labute approximate surface area is 278 Å². The fraction of sp³-hybridized carbons (Fsp3) is 0.529. The summed E-state index contributed by atoms with van der Waals surface area (Å²) < 4.78 is 0. The number of hydrogen-bond acceptors (Lipinski definition) is 5. The Bertz CT molecular complexity index is 1270. The zero-order valence-electron chi connectivity index (χ0n) is 27.7. The topological polar surface area (TPSA) is 109 Å². The van der Waals surface area contributed by atoms with E-state index in [2.05, 4.69) is 24.7 Å². The first-order chi connectivity index (χ1) is 22.2. The summed E-state index contributed by atoms with van der Waals surface area (Å²) in [6, 6.07) is 14.9. The standard InChI is InChI=1S/C34H50ClN7O4/c1-5-7-12-20-39(21-13-8-6-2)33(45)40-23-24-41(31(26-40)32(44)38(4)22-19-36-37-27(3)43)34(46)42(29-16-10-9-11-17-29)30-18-14-15-28(35)25-30/h9-11,14-18,25,31,36H,5-8,12-13,19-24,26H2,1-4H3,(H,37,43). The van der Waals surface area contributed by atoms with Crippen LogP contribution in [0.15, 0.2) is 54.6 Å². The second-order valence-corrected chi connectivity index (χ2v) is 12.1. The average Bonchev–Trinajstić information content (AvgIpc) is 3.05. The van der Waals surface area contributed by atoms with Crippen LogP contribution in [-0.4, -0.2) is 102 Å². The maximum Gasteiger partial charge on any atom is 0.329 e. The van der Waals surface area contributed by atoms with Gasteiger partial charge in [-0.05, 0) is 43.2 Å². The highest BCUT2D eigenvalue weighted by molar-refractivity contribution is 6.31. The van der Waals surface area contributed by atoms with Crippen LogP contribution in [0.3, 0.4) is 0 Å². The van der Waals surface area contributed by atoms with Crippen molar-refractivity contribution in [3.8, 4) is 0 Å². The number of urea groups is 2. The number of likely N-dealkylation sites (N-methyl/N-ethyl adjacent to an activating group) is 1. The second kappa shape index (κ2) is 19.0. The molecule has 1 saturated heterocycles. The molecule has 0 spiro atoms. The van der Waals surface area contributed by atoms with Crippen molar-refractivity contribution < 1.29 is 19.2 Å². The third-order valence-electron chi connectivity index (χ3n) is 8.00. The highest BCUT2D eigenvalue weighted by Crippen LogP contribution is 2.30. The fourth-order valence-corrected chi connectivity index (χ4v) is 5.66. The zero-order valence-corrected chi connectivity index (χ0v) is 28.5. The van der Waals surface area contributed by atoms with Gasteiger partial charge in [0.1, 0.15) is 6.04 Å². The molecule has 3 rings (SSSR count). The lowest BCUT2D eigenvalue weighted by Crippen LogP contribution is -2.64. The van der Waals surface area contributed by atoms with Gasteiger partial charge >= 0.3 is 12.1 Å². The molecule has 1 atom stereocenters. The van der Waals surface area contributed by atoms with Crippen LogP contribution < -0.4 is 15.8 Å². The van der Waals surface area contributed by atoms with E-state index in [-0.39, 0.29) is 43.5 Å². The minimum absolute atomic E-state index is 0.0725.